The number of sulfonamides is 1. The molecular formula is C21H26N2O5S. The fourth-order valence-electron chi connectivity index (χ4n) is 2.96. The maximum absolute atomic E-state index is 12.8. The topological polar surface area (TPSA) is 92.8 Å². The molecule has 0 fully saturated rings. The van der Waals surface area contributed by atoms with E-state index in [2.05, 4.69) is 5.32 Å². The molecule has 0 aliphatic heterocycles. The molecule has 1 atom stereocenters. The Labute approximate surface area is 171 Å². The van der Waals surface area contributed by atoms with Crippen molar-refractivity contribution in [1.82, 2.24) is 0 Å². The average Bonchev–Trinajstić information content (AvgIpc) is 2.62. The molecule has 0 radical (unpaired) electrons. The quantitative estimate of drug-likeness (QED) is 0.697. The molecule has 0 bridgehead atoms. The van der Waals surface area contributed by atoms with Gasteiger partial charge >= 0.3 is 5.97 Å². The maximum Gasteiger partial charge on any atom is 0.338 e. The van der Waals surface area contributed by atoms with E-state index in [1.54, 1.807) is 50.2 Å². The van der Waals surface area contributed by atoms with Gasteiger partial charge in [-0.05, 0) is 69.2 Å². The molecule has 0 saturated carbocycles. The number of nitrogens with zero attached hydrogens (tertiary/aromatic N) is 1. The first-order valence-electron chi connectivity index (χ1n) is 9.19. The summed E-state index contributed by atoms with van der Waals surface area (Å²) in [5.74, 6) is -0.923. The zero-order chi connectivity index (χ0) is 21.8. The second-order valence-corrected chi connectivity index (χ2v) is 8.67. The molecule has 2 aromatic rings. The van der Waals surface area contributed by atoms with Gasteiger partial charge in [0.2, 0.25) is 15.9 Å². The van der Waals surface area contributed by atoms with E-state index < -0.39 is 27.9 Å². The average molecular weight is 419 g/mol. The van der Waals surface area contributed by atoms with Crippen molar-refractivity contribution in [2.24, 2.45) is 0 Å². The highest BCUT2D eigenvalue weighted by Crippen LogP contribution is 2.23. The first kappa shape index (κ1) is 22.4. The third-order valence-electron chi connectivity index (χ3n) is 4.34. The highest BCUT2D eigenvalue weighted by Gasteiger charge is 2.29. The fourth-order valence-corrected chi connectivity index (χ4v) is 4.12. The van der Waals surface area contributed by atoms with E-state index in [0.29, 0.717) is 22.5 Å². The monoisotopic (exact) mass is 418 g/mol. The smallest absolute Gasteiger partial charge is 0.338 e. The summed E-state index contributed by atoms with van der Waals surface area (Å²) in [7, 11) is -3.69. The summed E-state index contributed by atoms with van der Waals surface area (Å²) in [5.41, 5.74) is 2.84. The van der Waals surface area contributed by atoms with Gasteiger partial charge in [0, 0.05) is 5.69 Å². The Bertz CT molecular complexity index is 1020. The number of aryl methyl sites for hydroxylation is 2. The van der Waals surface area contributed by atoms with Crippen LogP contribution in [0.15, 0.2) is 42.5 Å². The number of carbonyl (C=O) groups is 2. The first-order chi connectivity index (χ1) is 13.5. The number of hydrogen-bond acceptors (Lipinski definition) is 5. The lowest BCUT2D eigenvalue weighted by Gasteiger charge is -2.28. The van der Waals surface area contributed by atoms with Crippen LogP contribution < -0.4 is 9.62 Å². The zero-order valence-electron chi connectivity index (χ0n) is 17.2. The summed E-state index contributed by atoms with van der Waals surface area (Å²) in [6.07, 6.45) is 1.07. The van der Waals surface area contributed by atoms with Crippen LogP contribution in [0.1, 0.15) is 35.3 Å². The molecule has 2 aromatic carbocycles. The number of hydrogen-bond donors (Lipinski definition) is 1. The molecule has 29 heavy (non-hydrogen) atoms. The van der Waals surface area contributed by atoms with Crippen molar-refractivity contribution >= 4 is 33.3 Å². The van der Waals surface area contributed by atoms with Crippen LogP contribution in [0.4, 0.5) is 11.4 Å². The summed E-state index contributed by atoms with van der Waals surface area (Å²) < 4.78 is 30.8. The Kier molecular flexibility index (Phi) is 7.02. The Morgan fingerprint density at radius 1 is 1.14 bits per heavy atom. The van der Waals surface area contributed by atoms with Crippen LogP contribution in [-0.2, 0) is 19.6 Å². The summed E-state index contributed by atoms with van der Waals surface area (Å²) in [4.78, 5) is 24.7. The molecule has 0 unspecified atom stereocenters. The molecule has 156 valence electrons. The van der Waals surface area contributed by atoms with E-state index in [1.807, 2.05) is 13.0 Å². The van der Waals surface area contributed by atoms with E-state index >= 15 is 0 Å². The molecule has 0 aliphatic carbocycles. The number of benzene rings is 2. The van der Waals surface area contributed by atoms with Gasteiger partial charge in [-0.15, -0.1) is 0 Å². The first-order valence-corrected chi connectivity index (χ1v) is 11.0. The predicted octanol–water partition coefficient (Wildman–Crippen LogP) is 3.27. The third-order valence-corrected chi connectivity index (χ3v) is 5.58. The lowest BCUT2D eigenvalue weighted by Crippen LogP contribution is -2.45. The number of carbonyl (C=O) groups excluding carboxylic acids is 2. The summed E-state index contributed by atoms with van der Waals surface area (Å²) in [5, 5.41) is 2.75. The van der Waals surface area contributed by atoms with Crippen LogP contribution in [0.2, 0.25) is 0 Å². The number of anilines is 2. The van der Waals surface area contributed by atoms with Crippen LogP contribution in [0, 0.1) is 13.8 Å². The highest BCUT2D eigenvalue weighted by molar-refractivity contribution is 7.92. The minimum atomic E-state index is -3.69. The second-order valence-electron chi connectivity index (χ2n) is 6.81. The Morgan fingerprint density at radius 3 is 2.38 bits per heavy atom. The van der Waals surface area contributed by atoms with Crippen molar-refractivity contribution in [3.8, 4) is 0 Å². The van der Waals surface area contributed by atoms with Gasteiger partial charge in [-0.25, -0.2) is 13.2 Å². The van der Waals surface area contributed by atoms with Crippen molar-refractivity contribution in [2.45, 2.75) is 33.7 Å². The van der Waals surface area contributed by atoms with E-state index in [0.717, 1.165) is 16.1 Å². The number of rotatable bonds is 7. The molecule has 8 heteroatoms. The number of ether oxygens (including phenoxy) is 1. The van der Waals surface area contributed by atoms with Crippen molar-refractivity contribution in [3.05, 3.63) is 59.2 Å². The SMILES string of the molecule is CCOC(=O)c1ccc(NC(=O)[C@@H](C)N(c2cccc(C)c2)S(C)(=O)=O)c(C)c1. The lowest BCUT2D eigenvalue weighted by atomic mass is 10.1. The highest BCUT2D eigenvalue weighted by atomic mass is 32.2. The standard InChI is InChI=1S/C21H26N2O5S/c1-6-28-21(25)17-10-11-19(15(3)13-17)22-20(24)16(4)23(29(5,26)27)18-9-7-8-14(2)12-18/h7-13,16H,6H2,1-5H3,(H,22,24)/t16-/m1/s1. The van der Waals surface area contributed by atoms with Gasteiger partial charge in [-0.3, -0.25) is 9.10 Å². The van der Waals surface area contributed by atoms with Gasteiger partial charge in [-0.2, -0.15) is 0 Å². The summed E-state index contributed by atoms with van der Waals surface area (Å²) >= 11 is 0. The van der Waals surface area contributed by atoms with Crippen molar-refractivity contribution in [2.75, 3.05) is 22.5 Å². The Balaban J connectivity index is 2.27. The normalized spacial score (nSPS) is 12.2. The van der Waals surface area contributed by atoms with Gasteiger partial charge in [0.05, 0.1) is 24.1 Å². The van der Waals surface area contributed by atoms with E-state index in [1.165, 1.54) is 6.92 Å². The van der Waals surface area contributed by atoms with Crippen LogP contribution in [0.25, 0.3) is 0 Å². The number of nitrogens with one attached hydrogen (secondary N) is 1. The Hall–Kier alpha value is -2.87. The van der Waals surface area contributed by atoms with Gasteiger partial charge in [0.1, 0.15) is 6.04 Å². The van der Waals surface area contributed by atoms with Crippen LogP contribution >= 0.6 is 0 Å². The van der Waals surface area contributed by atoms with E-state index in [-0.39, 0.29) is 6.61 Å². The van der Waals surface area contributed by atoms with Crippen LogP contribution in [0.3, 0.4) is 0 Å². The zero-order valence-corrected chi connectivity index (χ0v) is 18.0. The van der Waals surface area contributed by atoms with Crippen molar-refractivity contribution in [3.63, 3.8) is 0 Å². The molecule has 1 N–H and O–H groups in total. The molecule has 0 saturated heterocycles. The largest absolute Gasteiger partial charge is 0.462 e. The number of esters is 1. The maximum atomic E-state index is 12.8. The molecule has 0 heterocycles. The molecule has 0 aliphatic rings. The molecule has 0 aromatic heterocycles. The molecule has 1 amide bonds. The molecular weight excluding hydrogens is 392 g/mol. The van der Waals surface area contributed by atoms with Crippen molar-refractivity contribution < 1.29 is 22.7 Å². The van der Waals surface area contributed by atoms with Gasteiger partial charge < -0.3 is 10.1 Å². The third kappa shape index (κ3) is 5.57. The Morgan fingerprint density at radius 2 is 1.83 bits per heavy atom. The van der Waals surface area contributed by atoms with Crippen molar-refractivity contribution in [1.29, 1.82) is 0 Å². The second kappa shape index (κ2) is 9.09. The summed E-state index contributed by atoms with van der Waals surface area (Å²) in [6.45, 7) is 7.12. The van der Waals surface area contributed by atoms with Gasteiger partial charge in [0.15, 0.2) is 0 Å². The molecule has 0 spiro atoms. The van der Waals surface area contributed by atoms with E-state index in [9.17, 15) is 18.0 Å². The van der Waals surface area contributed by atoms with Crippen LogP contribution in [0.5, 0.6) is 0 Å². The summed E-state index contributed by atoms with van der Waals surface area (Å²) in [6, 6.07) is 10.8. The minimum Gasteiger partial charge on any atom is -0.462 e. The predicted molar refractivity (Wildman–Crippen MR) is 114 cm³/mol. The van der Waals surface area contributed by atoms with Gasteiger partial charge in [0.25, 0.3) is 0 Å². The fraction of sp³-hybridized carbons (Fsp3) is 0.333. The lowest BCUT2D eigenvalue weighted by molar-refractivity contribution is -0.116. The van der Waals surface area contributed by atoms with Crippen LogP contribution in [-0.4, -0.2) is 39.2 Å². The van der Waals surface area contributed by atoms with Gasteiger partial charge in [-0.1, -0.05) is 12.1 Å². The number of amides is 1. The molecule has 2 rings (SSSR count). The minimum absolute atomic E-state index is 0.272. The van der Waals surface area contributed by atoms with E-state index in [4.69, 9.17) is 4.74 Å². The molecule has 7 nitrogen and oxygen atoms in total.